The SMILES string of the molecule is CN1CCN(c2nc3ccccc3nc2C(=O)Nc2ccc(F)c(Cl)c2)CC1. The van der Waals surface area contributed by atoms with Crippen molar-refractivity contribution < 1.29 is 9.18 Å². The number of halogens is 2. The zero-order chi connectivity index (χ0) is 19.7. The monoisotopic (exact) mass is 399 g/mol. The van der Waals surface area contributed by atoms with Gasteiger partial charge < -0.3 is 15.1 Å². The van der Waals surface area contributed by atoms with Crippen LogP contribution in [-0.2, 0) is 0 Å². The highest BCUT2D eigenvalue weighted by atomic mass is 35.5. The number of likely N-dealkylation sites (N-methyl/N-ethyl adjacent to an activating group) is 1. The summed E-state index contributed by atoms with van der Waals surface area (Å²) in [5, 5.41) is 2.70. The molecule has 3 aromatic rings. The molecule has 2 heterocycles. The largest absolute Gasteiger partial charge is 0.352 e. The van der Waals surface area contributed by atoms with Crippen LogP contribution in [0.1, 0.15) is 10.5 Å². The molecule has 0 unspecified atom stereocenters. The van der Waals surface area contributed by atoms with E-state index >= 15 is 0 Å². The third-order valence-electron chi connectivity index (χ3n) is 4.75. The second kappa shape index (κ2) is 7.69. The first kappa shape index (κ1) is 18.6. The van der Waals surface area contributed by atoms with Crippen molar-refractivity contribution in [2.24, 2.45) is 0 Å². The van der Waals surface area contributed by atoms with E-state index in [1.165, 1.54) is 18.2 Å². The number of amides is 1. The number of rotatable bonds is 3. The molecule has 0 bridgehead atoms. The minimum atomic E-state index is -0.539. The molecule has 1 fully saturated rings. The molecule has 1 aromatic heterocycles. The molecule has 1 aliphatic rings. The van der Waals surface area contributed by atoms with Crippen LogP contribution < -0.4 is 10.2 Å². The number of hydrogen-bond donors (Lipinski definition) is 1. The molecule has 28 heavy (non-hydrogen) atoms. The Morgan fingerprint density at radius 1 is 1.07 bits per heavy atom. The minimum absolute atomic E-state index is 0.0540. The van der Waals surface area contributed by atoms with Gasteiger partial charge in [0.15, 0.2) is 11.5 Å². The Morgan fingerprint density at radius 3 is 2.43 bits per heavy atom. The second-order valence-electron chi connectivity index (χ2n) is 6.76. The van der Waals surface area contributed by atoms with Crippen LogP contribution in [0.2, 0.25) is 5.02 Å². The van der Waals surface area contributed by atoms with Gasteiger partial charge in [0.25, 0.3) is 5.91 Å². The van der Waals surface area contributed by atoms with Gasteiger partial charge in [0, 0.05) is 31.9 Å². The predicted molar refractivity (Wildman–Crippen MR) is 109 cm³/mol. The van der Waals surface area contributed by atoms with Crippen LogP contribution in [-0.4, -0.2) is 54.0 Å². The summed E-state index contributed by atoms with van der Waals surface area (Å²) in [6.45, 7) is 3.27. The molecule has 6 nitrogen and oxygen atoms in total. The standard InChI is InChI=1S/C20H19ClFN5O/c1-26-8-10-27(11-9-26)19-18(24-16-4-2-3-5-17(16)25-19)20(28)23-13-6-7-15(22)14(21)12-13/h2-7,12H,8-11H2,1H3,(H,23,28). The Labute approximate surface area is 166 Å². The molecule has 4 rings (SSSR count). The number of piperazine rings is 1. The first-order valence-electron chi connectivity index (χ1n) is 8.98. The molecular weight excluding hydrogens is 381 g/mol. The highest BCUT2D eigenvalue weighted by Crippen LogP contribution is 2.24. The average molecular weight is 400 g/mol. The zero-order valence-electron chi connectivity index (χ0n) is 15.3. The number of aromatic nitrogens is 2. The van der Waals surface area contributed by atoms with Gasteiger partial charge in [-0.2, -0.15) is 0 Å². The maximum atomic E-state index is 13.4. The number of nitrogens with one attached hydrogen (secondary N) is 1. The van der Waals surface area contributed by atoms with Crippen LogP contribution in [0.15, 0.2) is 42.5 Å². The minimum Gasteiger partial charge on any atom is -0.352 e. The fraction of sp³-hybridized carbons (Fsp3) is 0.250. The van der Waals surface area contributed by atoms with Gasteiger partial charge in [0.1, 0.15) is 5.82 Å². The van der Waals surface area contributed by atoms with E-state index in [2.05, 4.69) is 27.1 Å². The van der Waals surface area contributed by atoms with Crippen LogP contribution in [0.4, 0.5) is 15.9 Å². The molecule has 1 aliphatic heterocycles. The van der Waals surface area contributed by atoms with E-state index in [0.717, 1.165) is 31.7 Å². The molecule has 144 valence electrons. The van der Waals surface area contributed by atoms with Crippen molar-refractivity contribution >= 4 is 40.0 Å². The number of fused-ring (bicyclic) bond motifs is 1. The van der Waals surface area contributed by atoms with Crippen LogP contribution in [0.25, 0.3) is 11.0 Å². The van der Waals surface area contributed by atoms with Crippen molar-refractivity contribution in [2.75, 3.05) is 43.4 Å². The lowest BCUT2D eigenvalue weighted by Gasteiger charge is -2.33. The topological polar surface area (TPSA) is 61.4 Å². The van der Waals surface area contributed by atoms with Gasteiger partial charge in [-0.3, -0.25) is 4.79 Å². The quantitative estimate of drug-likeness (QED) is 0.731. The number of nitrogens with zero attached hydrogens (tertiary/aromatic N) is 4. The van der Waals surface area contributed by atoms with E-state index in [1.54, 1.807) is 0 Å². The lowest BCUT2D eigenvalue weighted by molar-refractivity contribution is 0.102. The van der Waals surface area contributed by atoms with Crippen molar-refractivity contribution in [3.05, 3.63) is 59.0 Å². The smallest absolute Gasteiger partial charge is 0.278 e. The molecule has 2 aromatic carbocycles. The van der Waals surface area contributed by atoms with E-state index in [1.807, 2.05) is 24.3 Å². The highest BCUT2D eigenvalue weighted by molar-refractivity contribution is 6.31. The molecule has 1 N–H and O–H groups in total. The van der Waals surface area contributed by atoms with Crippen molar-refractivity contribution in [1.82, 2.24) is 14.9 Å². The Bertz CT molecular complexity index is 1040. The van der Waals surface area contributed by atoms with E-state index in [-0.39, 0.29) is 10.7 Å². The summed E-state index contributed by atoms with van der Waals surface area (Å²) < 4.78 is 13.4. The molecule has 0 atom stereocenters. The summed E-state index contributed by atoms with van der Waals surface area (Å²) in [4.78, 5) is 26.6. The van der Waals surface area contributed by atoms with Gasteiger partial charge in [-0.15, -0.1) is 0 Å². The number of para-hydroxylation sites is 2. The van der Waals surface area contributed by atoms with Gasteiger partial charge in [-0.25, -0.2) is 14.4 Å². The molecule has 0 aliphatic carbocycles. The van der Waals surface area contributed by atoms with Crippen molar-refractivity contribution in [2.45, 2.75) is 0 Å². The van der Waals surface area contributed by atoms with Gasteiger partial charge in [0.2, 0.25) is 0 Å². The summed E-state index contributed by atoms with van der Waals surface area (Å²) in [6.07, 6.45) is 0. The number of anilines is 2. The Balaban J connectivity index is 1.71. The van der Waals surface area contributed by atoms with Crippen LogP contribution in [0.5, 0.6) is 0 Å². The highest BCUT2D eigenvalue weighted by Gasteiger charge is 2.24. The first-order chi connectivity index (χ1) is 13.5. The average Bonchev–Trinajstić information content (AvgIpc) is 2.70. The van der Waals surface area contributed by atoms with E-state index in [4.69, 9.17) is 16.6 Å². The molecule has 0 spiro atoms. The third kappa shape index (κ3) is 3.76. The summed E-state index contributed by atoms with van der Waals surface area (Å²) in [5.41, 5.74) is 2.01. The Morgan fingerprint density at radius 2 is 1.75 bits per heavy atom. The molecule has 1 saturated heterocycles. The Hall–Kier alpha value is -2.77. The van der Waals surface area contributed by atoms with E-state index in [0.29, 0.717) is 17.0 Å². The summed E-state index contributed by atoms with van der Waals surface area (Å²) in [6, 6.07) is 11.5. The van der Waals surface area contributed by atoms with Gasteiger partial charge in [-0.05, 0) is 37.4 Å². The van der Waals surface area contributed by atoms with Gasteiger partial charge in [-0.1, -0.05) is 23.7 Å². The maximum Gasteiger partial charge on any atom is 0.278 e. The summed E-state index contributed by atoms with van der Waals surface area (Å²) >= 11 is 5.82. The van der Waals surface area contributed by atoms with E-state index < -0.39 is 11.7 Å². The fourth-order valence-electron chi connectivity index (χ4n) is 3.15. The third-order valence-corrected chi connectivity index (χ3v) is 5.04. The number of hydrogen-bond acceptors (Lipinski definition) is 5. The maximum absolute atomic E-state index is 13.4. The summed E-state index contributed by atoms with van der Waals surface area (Å²) in [7, 11) is 2.06. The van der Waals surface area contributed by atoms with Gasteiger partial charge in [0.05, 0.1) is 16.1 Å². The molecule has 0 saturated carbocycles. The lowest BCUT2D eigenvalue weighted by atomic mass is 10.2. The van der Waals surface area contributed by atoms with Crippen molar-refractivity contribution in [3.8, 4) is 0 Å². The molecule has 8 heteroatoms. The molecule has 1 amide bonds. The second-order valence-corrected chi connectivity index (χ2v) is 7.17. The lowest BCUT2D eigenvalue weighted by Crippen LogP contribution is -2.45. The molecular formula is C20H19ClFN5O. The normalized spacial score (nSPS) is 15.0. The first-order valence-corrected chi connectivity index (χ1v) is 9.36. The fourth-order valence-corrected chi connectivity index (χ4v) is 3.33. The van der Waals surface area contributed by atoms with Crippen molar-refractivity contribution in [1.29, 1.82) is 0 Å². The van der Waals surface area contributed by atoms with Gasteiger partial charge >= 0.3 is 0 Å². The predicted octanol–water partition coefficient (Wildman–Crippen LogP) is 3.43. The molecule has 0 radical (unpaired) electrons. The van der Waals surface area contributed by atoms with Crippen LogP contribution in [0, 0.1) is 5.82 Å². The summed E-state index contributed by atoms with van der Waals surface area (Å²) in [5.74, 6) is -0.393. The number of carbonyl (C=O) groups excluding carboxylic acids is 1. The van der Waals surface area contributed by atoms with Crippen molar-refractivity contribution in [3.63, 3.8) is 0 Å². The Kier molecular flexibility index (Phi) is 5.11. The van der Waals surface area contributed by atoms with Crippen LogP contribution >= 0.6 is 11.6 Å². The number of carbonyl (C=O) groups is 1. The van der Waals surface area contributed by atoms with Crippen LogP contribution in [0.3, 0.4) is 0 Å². The zero-order valence-corrected chi connectivity index (χ0v) is 16.1. The number of benzene rings is 2. The van der Waals surface area contributed by atoms with E-state index in [9.17, 15) is 9.18 Å².